The lowest BCUT2D eigenvalue weighted by molar-refractivity contribution is 0.0955. The van der Waals surface area contributed by atoms with Crippen LogP contribution in [-0.2, 0) is 0 Å². The normalized spacial score (nSPS) is 10.4. The number of rotatable bonds is 7. The maximum Gasteiger partial charge on any atom is 0.251 e. The molecule has 0 radical (unpaired) electrons. The summed E-state index contributed by atoms with van der Waals surface area (Å²) in [5.41, 5.74) is 3.64. The highest BCUT2D eigenvalue weighted by molar-refractivity contribution is 9.10. The third kappa shape index (κ3) is 5.79. The molecular weight excluding hydrogens is 418 g/mol. The summed E-state index contributed by atoms with van der Waals surface area (Å²) in [5, 5.41) is 9.31. The molecule has 0 unspecified atom stereocenters. The second-order valence-corrected chi connectivity index (χ2v) is 7.32. The first-order valence-electron chi connectivity index (χ1n) is 8.96. The predicted molar refractivity (Wildman–Crippen MR) is 116 cm³/mol. The second-order valence-electron chi connectivity index (χ2n) is 6.40. The summed E-state index contributed by atoms with van der Waals surface area (Å²) in [6.45, 7) is 4.95. The van der Waals surface area contributed by atoms with E-state index in [1.54, 1.807) is 12.1 Å². The van der Waals surface area contributed by atoms with Gasteiger partial charge in [0.2, 0.25) is 5.95 Å². The Kier molecular flexibility index (Phi) is 6.60. The van der Waals surface area contributed by atoms with Crippen LogP contribution < -0.4 is 16.0 Å². The summed E-state index contributed by atoms with van der Waals surface area (Å²) < 4.78 is 0.875. The molecule has 2 aromatic carbocycles. The summed E-state index contributed by atoms with van der Waals surface area (Å²) in [6, 6.07) is 17.3. The minimum Gasteiger partial charge on any atom is -0.352 e. The molecule has 6 nitrogen and oxygen atoms in total. The molecule has 3 N–H and O–H groups in total. The second kappa shape index (κ2) is 9.32. The van der Waals surface area contributed by atoms with Crippen LogP contribution >= 0.6 is 15.9 Å². The average molecular weight is 440 g/mol. The number of nitrogens with zero attached hydrogens (tertiary/aromatic N) is 2. The van der Waals surface area contributed by atoms with Crippen molar-refractivity contribution in [3.05, 3.63) is 75.9 Å². The van der Waals surface area contributed by atoms with Gasteiger partial charge in [-0.05, 0) is 44.2 Å². The van der Waals surface area contributed by atoms with Gasteiger partial charge in [0.1, 0.15) is 5.82 Å². The van der Waals surface area contributed by atoms with Crippen LogP contribution in [0.4, 0.5) is 17.5 Å². The van der Waals surface area contributed by atoms with Crippen molar-refractivity contribution in [1.29, 1.82) is 0 Å². The molecule has 0 aliphatic rings. The van der Waals surface area contributed by atoms with E-state index in [9.17, 15) is 4.79 Å². The van der Waals surface area contributed by atoms with Crippen molar-refractivity contribution < 1.29 is 4.79 Å². The van der Waals surface area contributed by atoms with Crippen LogP contribution in [0.1, 0.15) is 21.6 Å². The Morgan fingerprint density at radius 1 is 1.00 bits per heavy atom. The molecule has 7 heteroatoms. The number of hydrogen-bond donors (Lipinski definition) is 3. The van der Waals surface area contributed by atoms with Gasteiger partial charge < -0.3 is 16.0 Å². The van der Waals surface area contributed by atoms with Crippen LogP contribution in [0.25, 0.3) is 0 Å². The molecule has 0 saturated heterocycles. The first-order valence-corrected chi connectivity index (χ1v) is 9.76. The van der Waals surface area contributed by atoms with E-state index in [4.69, 9.17) is 0 Å². The Balaban J connectivity index is 1.53. The van der Waals surface area contributed by atoms with Gasteiger partial charge in [-0.25, -0.2) is 4.98 Å². The summed E-state index contributed by atoms with van der Waals surface area (Å²) in [4.78, 5) is 21.0. The topological polar surface area (TPSA) is 78.9 Å². The van der Waals surface area contributed by atoms with Gasteiger partial charge in [-0.1, -0.05) is 39.7 Å². The highest BCUT2D eigenvalue weighted by atomic mass is 79.9. The molecule has 3 aromatic rings. The number of aromatic nitrogens is 2. The van der Waals surface area contributed by atoms with Crippen molar-refractivity contribution in [2.24, 2.45) is 0 Å². The third-order valence-corrected chi connectivity index (χ3v) is 4.45. The summed E-state index contributed by atoms with van der Waals surface area (Å²) in [5.74, 6) is 1.12. The lowest BCUT2D eigenvalue weighted by atomic mass is 10.2. The minimum absolute atomic E-state index is 0.116. The fraction of sp³-hybridized carbons (Fsp3) is 0.190. The number of nitrogens with one attached hydrogen (secondary N) is 3. The zero-order chi connectivity index (χ0) is 19.9. The van der Waals surface area contributed by atoms with Crippen LogP contribution in [0, 0.1) is 13.8 Å². The zero-order valence-corrected chi connectivity index (χ0v) is 17.4. The van der Waals surface area contributed by atoms with E-state index in [1.165, 1.54) is 5.56 Å². The molecule has 0 fully saturated rings. The van der Waals surface area contributed by atoms with Gasteiger partial charge in [-0.15, -0.1) is 0 Å². The van der Waals surface area contributed by atoms with Gasteiger partial charge in [-0.3, -0.25) is 4.79 Å². The molecule has 144 valence electrons. The van der Waals surface area contributed by atoms with E-state index in [0.29, 0.717) is 24.6 Å². The highest BCUT2D eigenvalue weighted by Crippen LogP contribution is 2.17. The van der Waals surface area contributed by atoms with Crippen molar-refractivity contribution in [3.8, 4) is 0 Å². The van der Waals surface area contributed by atoms with Crippen molar-refractivity contribution in [3.63, 3.8) is 0 Å². The molecular formula is C21H22BrN5O. The number of anilines is 3. The van der Waals surface area contributed by atoms with Crippen molar-refractivity contribution >= 4 is 39.3 Å². The lowest BCUT2D eigenvalue weighted by Gasteiger charge is -2.11. The number of hydrogen-bond acceptors (Lipinski definition) is 5. The number of carbonyl (C=O) groups is 1. The van der Waals surface area contributed by atoms with E-state index in [1.807, 2.05) is 49.4 Å². The molecule has 0 aliphatic heterocycles. The number of carbonyl (C=O) groups excluding carboxylic acids is 1. The summed E-state index contributed by atoms with van der Waals surface area (Å²) >= 11 is 3.37. The van der Waals surface area contributed by atoms with E-state index in [-0.39, 0.29) is 5.91 Å². The molecule has 28 heavy (non-hydrogen) atoms. The summed E-state index contributed by atoms with van der Waals surface area (Å²) in [6.07, 6.45) is 0. The summed E-state index contributed by atoms with van der Waals surface area (Å²) in [7, 11) is 0. The first kappa shape index (κ1) is 19.8. The van der Waals surface area contributed by atoms with Gasteiger partial charge in [0.15, 0.2) is 0 Å². The maximum absolute atomic E-state index is 12.1. The SMILES string of the molecule is Cc1ccc(Nc2cc(C)nc(NCCNC(=O)c3cccc(Br)c3)n2)cc1. The van der Waals surface area contributed by atoms with Crippen LogP contribution in [0.2, 0.25) is 0 Å². The van der Waals surface area contributed by atoms with Gasteiger partial charge in [0.25, 0.3) is 5.91 Å². The van der Waals surface area contributed by atoms with Crippen LogP contribution in [0.5, 0.6) is 0 Å². The fourth-order valence-electron chi connectivity index (χ4n) is 2.58. The van der Waals surface area contributed by atoms with E-state index in [0.717, 1.165) is 21.7 Å². The molecule has 0 bridgehead atoms. The molecule has 0 spiro atoms. The number of benzene rings is 2. The van der Waals surface area contributed by atoms with E-state index in [2.05, 4.69) is 48.8 Å². The Morgan fingerprint density at radius 2 is 1.79 bits per heavy atom. The van der Waals surface area contributed by atoms with Crippen molar-refractivity contribution in [2.75, 3.05) is 23.7 Å². The first-order chi connectivity index (χ1) is 13.5. The van der Waals surface area contributed by atoms with E-state index < -0.39 is 0 Å². The zero-order valence-electron chi connectivity index (χ0n) is 15.8. The van der Waals surface area contributed by atoms with Crippen LogP contribution in [-0.4, -0.2) is 29.0 Å². The van der Waals surface area contributed by atoms with E-state index >= 15 is 0 Å². The van der Waals surface area contributed by atoms with Gasteiger partial charge in [-0.2, -0.15) is 4.98 Å². The standard InChI is InChI=1S/C21H22BrN5O/c1-14-6-8-18(9-7-14)26-19-12-15(2)25-21(27-19)24-11-10-23-20(28)16-4-3-5-17(22)13-16/h3-9,12-13H,10-11H2,1-2H3,(H,23,28)(H2,24,25,26,27). The third-order valence-electron chi connectivity index (χ3n) is 3.96. The molecule has 1 heterocycles. The van der Waals surface area contributed by atoms with Crippen molar-refractivity contribution in [2.45, 2.75) is 13.8 Å². The number of amides is 1. The molecule has 1 aromatic heterocycles. The smallest absolute Gasteiger partial charge is 0.251 e. The average Bonchev–Trinajstić information content (AvgIpc) is 2.66. The maximum atomic E-state index is 12.1. The fourth-order valence-corrected chi connectivity index (χ4v) is 2.98. The number of aryl methyl sites for hydroxylation is 2. The monoisotopic (exact) mass is 439 g/mol. The molecule has 0 aliphatic carbocycles. The molecule has 0 atom stereocenters. The Bertz CT molecular complexity index is 959. The van der Waals surface area contributed by atoms with Gasteiger partial charge in [0, 0.05) is 40.6 Å². The van der Waals surface area contributed by atoms with Gasteiger partial charge in [0.05, 0.1) is 0 Å². The largest absolute Gasteiger partial charge is 0.352 e. The van der Waals surface area contributed by atoms with Crippen LogP contribution in [0.3, 0.4) is 0 Å². The molecule has 1 amide bonds. The predicted octanol–water partition coefficient (Wildman–Crippen LogP) is 4.44. The van der Waals surface area contributed by atoms with Crippen molar-refractivity contribution in [1.82, 2.24) is 15.3 Å². The highest BCUT2D eigenvalue weighted by Gasteiger charge is 2.06. The number of halogens is 1. The van der Waals surface area contributed by atoms with Crippen LogP contribution in [0.15, 0.2) is 59.1 Å². The Labute approximate surface area is 172 Å². The Hall–Kier alpha value is -2.93. The quantitative estimate of drug-likeness (QED) is 0.474. The molecule has 3 rings (SSSR count). The van der Waals surface area contributed by atoms with Gasteiger partial charge >= 0.3 is 0 Å². The Morgan fingerprint density at radius 3 is 2.54 bits per heavy atom. The lowest BCUT2D eigenvalue weighted by Crippen LogP contribution is -2.29. The molecule has 0 saturated carbocycles. The minimum atomic E-state index is -0.116.